The molecule has 2 N–H and O–H groups in total. The summed E-state index contributed by atoms with van der Waals surface area (Å²) in [5.74, 6) is 3.47. The van der Waals surface area contributed by atoms with Crippen molar-refractivity contribution in [3.05, 3.63) is 45.0 Å². The third-order valence-electron chi connectivity index (χ3n) is 4.81. The van der Waals surface area contributed by atoms with E-state index < -0.39 is 17.9 Å². The molecule has 9 nitrogen and oxygen atoms in total. The Hall–Kier alpha value is -3.46. The molecule has 3 rings (SSSR count). The fraction of sp³-hybridized carbons (Fsp3) is 0.292. The number of carbonyl (C=O) groups excluding carboxylic acids is 2. The number of fused-ring (bicyclic) bond motifs is 1. The summed E-state index contributed by atoms with van der Waals surface area (Å²) in [4.78, 5) is 25.5. The number of ether oxygens (including phenoxy) is 4. The molecule has 1 aliphatic rings. The number of halogens is 1. The molecular weight excluding hydrogens is 553 g/mol. The van der Waals surface area contributed by atoms with Gasteiger partial charge in [-0.25, -0.2) is 5.43 Å². The number of amides is 2. The summed E-state index contributed by atoms with van der Waals surface area (Å²) < 4.78 is 22.2. The minimum Gasteiger partial charge on any atom is -0.493 e. The highest BCUT2D eigenvalue weighted by Crippen LogP contribution is 2.34. The Morgan fingerprint density at radius 2 is 2.03 bits per heavy atom. The third-order valence-corrected chi connectivity index (χ3v) is 5.61. The maximum atomic E-state index is 12.7. The van der Waals surface area contributed by atoms with Gasteiger partial charge in [-0.1, -0.05) is 19.8 Å². The van der Waals surface area contributed by atoms with Gasteiger partial charge >= 0.3 is 0 Å². The van der Waals surface area contributed by atoms with Gasteiger partial charge in [0.25, 0.3) is 11.8 Å². The molecule has 178 valence electrons. The second-order valence-electron chi connectivity index (χ2n) is 7.52. The van der Waals surface area contributed by atoms with E-state index in [4.69, 9.17) is 25.4 Å². The molecule has 0 radical (unpaired) electrons. The fourth-order valence-corrected chi connectivity index (χ4v) is 3.89. The van der Waals surface area contributed by atoms with Crippen LogP contribution in [0.2, 0.25) is 0 Å². The van der Waals surface area contributed by atoms with Crippen LogP contribution in [0.15, 0.2) is 35.4 Å². The van der Waals surface area contributed by atoms with Crippen LogP contribution in [0.5, 0.6) is 23.0 Å². The summed E-state index contributed by atoms with van der Waals surface area (Å²) in [5.41, 5.74) is 3.53. The lowest BCUT2D eigenvalue weighted by molar-refractivity contribution is -0.123. The zero-order chi connectivity index (χ0) is 24.7. The van der Waals surface area contributed by atoms with Gasteiger partial charge in [0.2, 0.25) is 6.79 Å². The van der Waals surface area contributed by atoms with Crippen molar-refractivity contribution < 1.29 is 28.5 Å². The van der Waals surface area contributed by atoms with Crippen LogP contribution in [0, 0.1) is 21.8 Å². The Bertz CT molecular complexity index is 1140. The van der Waals surface area contributed by atoms with Gasteiger partial charge in [0.15, 0.2) is 23.0 Å². The molecule has 2 amide bonds. The Balaban J connectivity index is 1.66. The molecule has 1 unspecified atom stereocenters. The molecule has 1 aliphatic heterocycles. The van der Waals surface area contributed by atoms with E-state index in [1.165, 1.54) is 13.3 Å². The van der Waals surface area contributed by atoms with Crippen molar-refractivity contribution in [2.24, 2.45) is 11.0 Å². The molecule has 1 heterocycles. The van der Waals surface area contributed by atoms with Crippen molar-refractivity contribution in [3.63, 3.8) is 0 Å². The minimum absolute atomic E-state index is 0.112. The number of terminal acetylenes is 1. The summed E-state index contributed by atoms with van der Waals surface area (Å²) in [5, 5.41) is 6.79. The first-order valence-electron chi connectivity index (χ1n) is 10.3. The van der Waals surface area contributed by atoms with E-state index in [0.29, 0.717) is 34.1 Å². The van der Waals surface area contributed by atoms with Gasteiger partial charge < -0.3 is 24.3 Å². The molecule has 34 heavy (non-hydrogen) atoms. The standard InChI is InChI=1S/C24H24IN3O6/c1-5-8-32-22-17(25)9-15(10-20(22)31-4)12-26-28-24(30)21(14(2)3)27-23(29)16-6-7-18-19(11-16)34-13-33-18/h1,6-7,9-12,14,21H,8,13H2,2-4H3,(H,27,29)(H,28,30). The van der Waals surface area contributed by atoms with Gasteiger partial charge in [-0.2, -0.15) is 5.10 Å². The van der Waals surface area contributed by atoms with Crippen LogP contribution in [0.25, 0.3) is 0 Å². The predicted octanol–water partition coefficient (Wildman–Crippen LogP) is 2.95. The van der Waals surface area contributed by atoms with Crippen molar-refractivity contribution in [1.82, 2.24) is 10.7 Å². The summed E-state index contributed by atoms with van der Waals surface area (Å²) in [6.45, 7) is 3.89. The van der Waals surface area contributed by atoms with Crippen molar-refractivity contribution in [2.75, 3.05) is 20.5 Å². The maximum Gasteiger partial charge on any atom is 0.262 e. The topological polar surface area (TPSA) is 107 Å². The van der Waals surface area contributed by atoms with Crippen molar-refractivity contribution >= 4 is 40.6 Å². The first-order valence-corrected chi connectivity index (χ1v) is 11.4. The van der Waals surface area contributed by atoms with E-state index in [1.807, 2.05) is 19.9 Å². The number of hydrogen-bond acceptors (Lipinski definition) is 7. The quantitative estimate of drug-likeness (QED) is 0.206. The van der Waals surface area contributed by atoms with Crippen LogP contribution in [-0.2, 0) is 4.79 Å². The summed E-state index contributed by atoms with van der Waals surface area (Å²) >= 11 is 2.10. The molecule has 0 spiro atoms. The lowest BCUT2D eigenvalue weighted by Gasteiger charge is -2.20. The van der Waals surface area contributed by atoms with Crippen molar-refractivity contribution in [3.8, 4) is 35.3 Å². The van der Waals surface area contributed by atoms with Gasteiger partial charge in [0.05, 0.1) is 16.9 Å². The lowest BCUT2D eigenvalue weighted by atomic mass is 10.0. The van der Waals surface area contributed by atoms with Gasteiger partial charge in [0.1, 0.15) is 12.6 Å². The number of rotatable bonds is 9. The number of benzene rings is 2. The number of hydrogen-bond donors (Lipinski definition) is 2. The average Bonchev–Trinajstić information content (AvgIpc) is 3.29. The highest BCUT2D eigenvalue weighted by atomic mass is 127. The monoisotopic (exact) mass is 577 g/mol. The van der Waals surface area contributed by atoms with Crippen LogP contribution in [0.3, 0.4) is 0 Å². The fourth-order valence-electron chi connectivity index (χ4n) is 3.11. The normalized spacial score (nSPS) is 12.8. The predicted molar refractivity (Wildman–Crippen MR) is 134 cm³/mol. The Labute approximate surface area is 211 Å². The first kappa shape index (κ1) is 25.2. The van der Waals surface area contributed by atoms with Crippen LogP contribution < -0.4 is 29.7 Å². The zero-order valence-corrected chi connectivity index (χ0v) is 21.0. The molecule has 0 aliphatic carbocycles. The van der Waals surface area contributed by atoms with Gasteiger partial charge in [-0.3, -0.25) is 9.59 Å². The van der Waals surface area contributed by atoms with Gasteiger partial charge in [-0.05, 0) is 64.4 Å². The maximum absolute atomic E-state index is 12.7. The van der Waals surface area contributed by atoms with E-state index in [0.717, 1.165) is 3.57 Å². The Morgan fingerprint density at radius 1 is 1.26 bits per heavy atom. The Kier molecular flexibility index (Phi) is 8.59. The second kappa shape index (κ2) is 11.6. The molecule has 0 fully saturated rings. The van der Waals surface area contributed by atoms with Crippen LogP contribution in [-0.4, -0.2) is 44.6 Å². The van der Waals surface area contributed by atoms with Crippen LogP contribution in [0.1, 0.15) is 29.8 Å². The first-order chi connectivity index (χ1) is 16.3. The summed E-state index contributed by atoms with van der Waals surface area (Å²) in [7, 11) is 1.52. The molecule has 0 saturated heterocycles. The van der Waals surface area contributed by atoms with Crippen molar-refractivity contribution in [1.29, 1.82) is 0 Å². The SMILES string of the molecule is C#CCOc1c(I)cc(C=NNC(=O)C(NC(=O)c2ccc3c(c2)OCO3)C(C)C)cc1OC. The number of nitrogens with zero attached hydrogens (tertiary/aromatic N) is 1. The molecular formula is C24H24IN3O6. The third kappa shape index (κ3) is 6.11. The number of carbonyl (C=O) groups is 2. The molecule has 1 atom stereocenters. The minimum atomic E-state index is -0.802. The molecule has 2 aromatic rings. The van der Waals surface area contributed by atoms with Gasteiger partial charge in [0, 0.05) is 5.56 Å². The molecule has 0 bridgehead atoms. The van der Waals surface area contributed by atoms with Crippen molar-refractivity contribution in [2.45, 2.75) is 19.9 Å². The summed E-state index contributed by atoms with van der Waals surface area (Å²) in [6, 6.07) is 7.57. The van der Waals surface area contributed by atoms with Crippen LogP contribution >= 0.6 is 22.6 Å². The number of nitrogens with one attached hydrogen (secondary N) is 2. The van der Waals surface area contributed by atoms with E-state index in [9.17, 15) is 9.59 Å². The van der Waals surface area contributed by atoms with E-state index in [2.05, 4.69) is 44.4 Å². The highest BCUT2D eigenvalue weighted by molar-refractivity contribution is 14.1. The largest absolute Gasteiger partial charge is 0.493 e. The van der Waals surface area contributed by atoms with Gasteiger partial charge in [-0.15, -0.1) is 6.42 Å². The molecule has 0 saturated carbocycles. The summed E-state index contributed by atoms with van der Waals surface area (Å²) in [6.07, 6.45) is 6.73. The van der Waals surface area contributed by atoms with Crippen LogP contribution in [0.4, 0.5) is 0 Å². The smallest absolute Gasteiger partial charge is 0.262 e. The second-order valence-corrected chi connectivity index (χ2v) is 8.69. The number of hydrazone groups is 1. The Morgan fingerprint density at radius 3 is 2.74 bits per heavy atom. The van der Waals surface area contributed by atoms with E-state index >= 15 is 0 Å². The molecule has 2 aromatic carbocycles. The van der Waals surface area contributed by atoms with E-state index in [-0.39, 0.29) is 19.3 Å². The average molecular weight is 577 g/mol. The number of methoxy groups -OCH3 is 1. The molecule has 0 aromatic heterocycles. The highest BCUT2D eigenvalue weighted by Gasteiger charge is 2.25. The van der Waals surface area contributed by atoms with E-state index in [1.54, 1.807) is 24.3 Å². The lowest BCUT2D eigenvalue weighted by Crippen LogP contribution is -2.48. The zero-order valence-electron chi connectivity index (χ0n) is 18.9. The molecule has 10 heteroatoms.